The van der Waals surface area contributed by atoms with Crippen molar-refractivity contribution < 1.29 is 23.1 Å². The number of rotatable bonds is 8. The Labute approximate surface area is 113 Å². The van der Waals surface area contributed by atoms with E-state index >= 15 is 0 Å². The fourth-order valence-corrected chi connectivity index (χ4v) is 1.95. The van der Waals surface area contributed by atoms with E-state index in [9.17, 15) is 18.0 Å². The minimum atomic E-state index is -3.54. The van der Waals surface area contributed by atoms with Crippen molar-refractivity contribution >= 4 is 22.0 Å². The molecule has 0 heterocycles. The molecule has 0 spiro atoms. The van der Waals surface area contributed by atoms with Crippen molar-refractivity contribution in [2.75, 3.05) is 25.4 Å². The molecule has 0 aliphatic heterocycles. The Kier molecular flexibility index (Phi) is 7.38. The molecular formula is C10H21N3O5S. The Morgan fingerprint density at radius 3 is 2.37 bits per heavy atom. The summed E-state index contributed by atoms with van der Waals surface area (Å²) in [5.74, 6) is -1.19. The maximum atomic E-state index is 11.7. The number of nitrogens with one attached hydrogen (secondary N) is 1. The topological polar surface area (TPSA) is 130 Å². The van der Waals surface area contributed by atoms with Crippen molar-refractivity contribution in [3.05, 3.63) is 0 Å². The largest absolute Gasteiger partial charge is 0.480 e. The standard InChI is InChI=1S/C10H21N3O5S/c1-8(2)6-13(7-9(14)15)10(16)12-4-3-5-19(11,17)18/h8H,3-7H2,1-2H3,(H,12,16)(H,14,15)(H2,11,17,18). The number of hydrogen-bond acceptors (Lipinski definition) is 4. The normalized spacial score (nSPS) is 11.4. The van der Waals surface area contributed by atoms with Gasteiger partial charge in [0, 0.05) is 13.1 Å². The summed E-state index contributed by atoms with van der Waals surface area (Å²) < 4.78 is 21.4. The first-order valence-electron chi connectivity index (χ1n) is 5.87. The number of sulfonamides is 1. The van der Waals surface area contributed by atoms with Gasteiger partial charge in [0.25, 0.3) is 0 Å². The lowest BCUT2D eigenvalue weighted by Crippen LogP contribution is -2.45. The van der Waals surface area contributed by atoms with Crippen LogP contribution in [0.2, 0.25) is 0 Å². The monoisotopic (exact) mass is 295 g/mol. The average molecular weight is 295 g/mol. The predicted octanol–water partition coefficient (Wildman–Crippen LogP) is -0.583. The first-order valence-corrected chi connectivity index (χ1v) is 7.58. The molecule has 0 aliphatic carbocycles. The van der Waals surface area contributed by atoms with Gasteiger partial charge < -0.3 is 15.3 Å². The van der Waals surface area contributed by atoms with Gasteiger partial charge >= 0.3 is 12.0 Å². The molecule has 0 saturated heterocycles. The van der Waals surface area contributed by atoms with Crippen LogP contribution in [0.15, 0.2) is 0 Å². The third kappa shape index (κ3) is 10.3. The van der Waals surface area contributed by atoms with E-state index in [4.69, 9.17) is 10.2 Å². The van der Waals surface area contributed by atoms with Crippen molar-refractivity contribution in [1.82, 2.24) is 10.2 Å². The van der Waals surface area contributed by atoms with E-state index in [1.807, 2.05) is 13.8 Å². The number of amides is 2. The van der Waals surface area contributed by atoms with Crippen LogP contribution in [0.4, 0.5) is 4.79 Å². The molecule has 2 amide bonds. The molecule has 0 rings (SSSR count). The maximum absolute atomic E-state index is 11.7. The summed E-state index contributed by atoms with van der Waals surface area (Å²) in [5, 5.41) is 16.0. The van der Waals surface area contributed by atoms with Crippen molar-refractivity contribution in [3.63, 3.8) is 0 Å². The number of hydrogen-bond donors (Lipinski definition) is 3. The highest BCUT2D eigenvalue weighted by Gasteiger charge is 2.17. The number of nitrogens with two attached hydrogens (primary N) is 1. The van der Waals surface area contributed by atoms with Crippen LogP contribution in [0.3, 0.4) is 0 Å². The molecule has 0 bridgehead atoms. The number of urea groups is 1. The number of nitrogens with zero attached hydrogens (tertiary/aromatic N) is 1. The van der Waals surface area contributed by atoms with Crippen LogP contribution >= 0.6 is 0 Å². The van der Waals surface area contributed by atoms with Gasteiger partial charge in [-0.3, -0.25) is 4.79 Å². The number of carboxylic acids is 1. The predicted molar refractivity (Wildman–Crippen MR) is 70.0 cm³/mol. The smallest absolute Gasteiger partial charge is 0.323 e. The van der Waals surface area contributed by atoms with Gasteiger partial charge in [-0.25, -0.2) is 18.4 Å². The molecular weight excluding hydrogens is 274 g/mol. The first-order chi connectivity index (χ1) is 8.61. The second-order valence-electron chi connectivity index (χ2n) is 4.62. The van der Waals surface area contributed by atoms with Gasteiger partial charge in [0.15, 0.2) is 0 Å². The number of primary sulfonamides is 1. The van der Waals surface area contributed by atoms with Crippen LogP contribution in [-0.4, -0.2) is 55.8 Å². The van der Waals surface area contributed by atoms with Gasteiger partial charge in [-0.15, -0.1) is 0 Å². The van der Waals surface area contributed by atoms with E-state index in [0.29, 0.717) is 6.54 Å². The summed E-state index contributed by atoms with van der Waals surface area (Å²) in [5.41, 5.74) is 0. The maximum Gasteiger partial charge on any atom is 0.323 e. The van der Waals surface area contributed by atoms with Crippen molar-refractivity contribution in [1.29, 1.82) is 0 Å². The average Bonchev–Trinajstić information content (AvgIpc) is 2.20. The summed E-state index contributed by atoms with van der Waals surface area (Å²) in [4.78, 5) is 23.5. The minimum absolute atomic E-state index is 0.128. The van der Waals surface area contributed by atoms with Crippen LogP contribution in [0.5, 0.6) is 0 Å². The Morgan fingerprint density at radius 2 is 1.95 bits per heavy atom. The molecule has 4 N–H and O–H groups in total. The lowest BCUT2D eigenvalue weighted by atomic mass is 10.2. The number of aliphatic carboxylic acids is 1. The summed E-state index contributed by atoms with van der Waals surface area (Å²) in [6, 6.07) is -0.523. The summed E-state index contributed by atoms with van der Waals surface area (Å²) in [6.45, 7) is 3.78. The van der Waals surface area contributed by atoms with E-state index in [-0.39, 0.29) is 31.2 Å². The fraction of sp³-hybridized carbons (Fsp3) is 0.800. The van der Waals surface area contributed by atoms with Crippen LogP contribution in [0.25, 0.3) is 0 Å². The van der Waals surface area contributed by atoms with Gasteiger partial charge in [0.2, 0.25) is 10.0 Å². The lowest BCUT2D eigenvalue weighted by Gasteiger charge is -2.23. The molecule has 0 saturated carbocycles. The molecule has 0 unspecified atom stereocenters. The highest BCUT2D eigenvalue weighted by Crippen LogP contribution is 1.99. The number of carbonyl (C=O) groups is 2. The third-order valence-electron chi connectivity index (χ3n) is 2.08. The SMILES string of the molecule is CC(C)CN(CC(=O)O)C(=O)NCCCS(N)(=O)=O. The number of carboxylic acid groups (broad SMARTS) is 1. The third-order valence-corrected chi connectivity index (χ3v) is 2.94. The molecule has 0 aromatic rings. The second-order valence-corrected chi connectivity index (χ2v) is 6.35. The van der Waals surface area contributed by atoms with Crippen molar-refractivity contribution in [3.8, 4) is 0 Å². The molecule has 19 heavy (non-hydrogen) atoms. The molecule has 8 nitrogen and oxygen atoms in total. The lowest BCUT2D eigenvalue weighted by molar-refractivity contribution is -0.137. The van der Waals surface area contributed by atoms with Gasteiger partial charge in [-0.1, -0.05) is 13.8 Å². The Balaban J connectivity index is 4.20. The zero-order chi connectivity index (χ0) is 15.1. The van der Waals surface area contributed by atoms with E-state index < -0.39 is 22.0 Å². The molecule has 9 heteroatoms. The summed E-state index contributed by atoms with van der Waals surface area (Å²) >= 11 is 0. The first kappa shape index (κ1) is 17.6. The Bertz CT molecular complexity index is 407. The highest BCUT2D eigenvalue weighted by molar-refractivity contribution is 7.89. The van der Waals surface area contributed by atoms with Gasteiger partial charge in [-0.05, 0) is 12.3 Å². The van der Waals surface area contributed by atoms with E-state index in [1.54, 1.807) is 0 Å². The van der Waals surface area contributed by atoms with Crippen LogP contribution in [0.1, 0.15) is 20.3 Å². The molecule has 0 aliphatic rings. The van der Waals surface area contributed by atoms with Crippen LogP contribution < -0.4 is 10.5 Å². The summed E-state index contributed by atoms with van der Waals surface area (Å²) in [6.07, 6.45) is 0.188. The molecule has 0 aromatic heterocycles. The number of carbonyl (C=O) groups excluding carboxylic acids is 1. The van der Waals surface area contributed by atoms with Crippen molar-refractivity contribution in [2.24, 2.45) is 11.1 Å². The van der Waals surface area contributed by atoms with Gasteiger partial charge in [-0.2, -0.15) is 0 Å². The van der Waals surface area contributed by atoms with E-state index in [0.717, 1.165) is 0 Å². The molecule has 0 radical (unpaired) electrons. The quantitative estimate of drug-likeness (QED) is 0.516. The molecule has 0 atom stereocenters. The molecule has 0 aromatic carbocycles. The van der Waals surface area contributed by atoms with E-state index in [1.165, 1.54) is 4.90 Å². The fourth-order valence-electron chi connectivity index (χ4n) is 1.40. The van der Waals surface area contributed by atoms with Crippen molar-refractivity contribution in [2.45, 2.75) is 20.3 Å². The zero-order valence-electron chi connectivity index (χ0n) is 11.1. The summed E-state index contributed by atoms with van der Waals surface area (Å²) in [7, 11) is -3.54. The highest BCUT2D eigenvalue weighted by atomic mass is 32.2. The second kappa shape index (κ2) is 7.95. The zero-order valence-corrected chi connectivity index (χ0v) is 11.9. The molecule has 112 valence electrons. The van der Waals surface area contributed by atoms with Gasteiger partial charge in [0.1, 0.15) is 6.54 Å². The van der Waals surface area contributed by atoms with Gasteiger partial charge in [0.05, 0.1) is 5.75 Å². The molecule has 0 fully saturated rings. The van der Waals surface area contributed by atoms with Crippen LogP contribution in [0, 0.1) is 5.92 Å². The Hall–Kier alpha value is -1.35. The minimum Gasteiger partial charge on any atom is -0.480 e. The van der Waals surface area contributed by atoms with Crippen LogP contribution in [-0.2, 0) is 14.8 Å². The van der Waals surface area contributed by atoms with E-state index in [2.05, 4.69) is 5.32 Å². The Morgan fingerprint density at radius 1 is 1.37 bits per heavy atom.